The van der Waals surface area contributed by atoms with Crippen LogP contribution in [-0.4, -0.2) is 32.3 Å². The van der Waals surface area contributed by atoms with Gasteiger partial charge in [0.25, 0.3) is 0 Å². The average Bonchev–Trinajstić information content (AvgIpc) is 2.93. The molecular weight excluding hydrogens is 460 g/mol. The number of para-hydroxylation sites is 2. The summed E-state index contributed by atoms with van der Waals surface area (Å²) in [5, 5.41) is 6.27. The first-order valence-electron chi connectivity index (χ1n) is 12.9. The minimum Gasteiger partial charge on any atom is -0.486 e. The highest BCUT2D eigenvalue weighted by Crippen LogP contribution is 2.35. The minimum atomic E-state index is -0.300. The quantitative estimate of drug-likeness (QED) is 0.286. The fourth-order valence-corrected chi connectivity index (χ4v) is 5.20. The molecule has 0 spiro atoms. The van der Waals surface area contributed by atoms with Crippen molar-refractivity contribution in [2.75, 3.05) is 25.1 Å². The molecule has 1 heterocycles. The summed E-state index contributed by atoms with van der Waals surface area (Å²) < 4.78 is 11.4. The zero-order valence-corrected chi connectivity index (χ0v) is 21.7. The van der Waals surface area contributed by atoms with Crippen molar-refractivity contribution in [2.45, 2.75) is 39.0 Å². The zero-order chi connectivity index (χ0) is 25.8. The Morgan fingerprint density at radius 3 is 2.70 bits per heavy atom. The fraction of sp³-hybridized carbons (Fsp3) is 0.281. The van der Waals surface area contributed by atoms with E-state index in [-0.39, 0.29) is 18.1 Å². The normalized spacial score (nSPS) is 15.6. The van der Waals surface area contributed by atoms with E-state index in [9.17, 15) is 4.79 Å². The summed E-state index contributed by atoms with van der Waals surface area (Å²) in [6.45, 7) is 6.48. The predicted octanol–water partition coefficient (Wildman–Crippen LogP) is 6.44. The number of esters is 1. The van der Waals surface area contributed by atoms with E-state index in [1.54, 1.807) is 0 Å². The van der Waals surface area contributed by atoms with Gasteiger partial charge in [-0.05, 0) is 72.5 Å². The van der Waals surface area contributed by atoms with E-state index in [0.29, 0.717) is 12.1 Å². The van der Waals surface area contributed by atoms with E-state index in [1.165, 1.54) is 23.4 Å². The molecular formula is C32H34N2O3. The van der Waals surface area contributed by atoms with Crippen molar-refractivity contribution >= 4 is 22.4 Å². The van der Waals surface area contributed by atoms with Gasteiger partial charge in [0.1, 0.15) is 11.9 Å². The lowest BCUT2D eigenvalue weighted by Crippen LogP contribution is -2.41. The highest BCUT2D eigenvalue weighted by atomic mass is 16.5. The number of nitrogens with one attached hydrogen (secondary N) is 1. The molecule has 0 fully saturated rings. The molecule has 0 aliphatic carbocycles. The van der Waals surface area contributed by atoms with E-state index < -0.39 is 0 Å². The molecule has 5 heteroatoms. The summed E-state index contributed by atoms with van der Waals surface area (Å²) in [5.41, 5.74) is 5.00. The SMILES string of the molecule is COC(=O)c1cc(CN2CC(CCN[C@H](C)c3cccc4ccccc34)Oc3ccccc32)ccc1C. The molecule has 0 bridgehead atoms. The Morgan fingerprint density at radius 2 is 1.84 bits per heavy atom. The summed E-state index contributed by atoms with van der Waals surface area (Å²) >= 11 is 0. The summed E-state index contributed by atoms with van der Waals surface area (Å²) in [4.78, 5) is 14.6. The Morgan fingerprint density at radius 1 is 1.05 bits per heavy atom. The highest BCUT2D eigenvalue weighted by molar-refractivity contribution is 5.91. The second-order valence-corrected chi connectivity index (χ2v) is 9.76. The number of hydrogen-bond acceptors (Lipinski definition) is 5. The van der Waals surface area contributed by atoms with Crippen LogP contribution in [0.2, 0.25) is 0 Å². The first-order chi connectivity index (χ1) is 18.0. The van der Waals surface area contributed by atoms with E-state index in [4.69, 9.17) is 9.47 Å². The van der Waals surface area contributed by atoms with E-state index in [2.05, 4.69) is 71.7 Å². The number of fused-ring (bicyclic) bond motifs is 2. The molecule has 1 unspecified atom stereocenters. The van der Waals surface area contributed by atoms with Gasteiger partial charge >= 0.3 is 5.97 Å². The number of benzene rings is 4. The van der Waals surface area contributed by atoms with Crippen LogP contribution in [0.25, 0.3) is 10.8 Å². The van der Waals surface area contributed by atoms with Crippen LogP contribution in [0.1, 0.15) is 46.4 Å². The van der Waals surface area contributed by atoms with E-state index >= 15 is 0 Å². The number of rotatable bonds is 8. The van der Waals surface area contributed by atoms with E-state index in [0.717, 1.165) is 42.1 Å². The third-order valence-electron chi connectivity index (χ3n) is 7.21. The maximum absolute atomic E-state index is 12.2. The van der Waals surface area contributed by atoms with Crippen molar-refractivity contribution in [3.05, 3.63) is 107 Å². The second kappa shape index (κ2) is 11.1. The molecule has 0 radical (unpaired) electrons. The molecule has 1 aliphatic heterocycles. The molecule has 0 saturated heterocycles. The number of carbonyl (C=O) groups is 1. The Bertz CT molecular complexity index is 1390. The zero-order valence-electron chi connectivity index (χ0n) is 21.7. The van der Waals surface area contributed by atoms with Gasteiger partial charge in [-0.25, -0.2) is 4.79 Å². The van der Waals surface area contributed by atoms with Gasteiger partial charge in [0.05, 0.1) is 24.9 Å². The number of nitrogens with zero attached hydrogens (tertiary/aromatic N) is 1. The number of ether oxygens (including phenoxy) is 2. The standard InChI is InChI=1S/C32H34N2O3/c1-22-15-16-24(19-29(22)32(35)36-3)20-34-21-26(37-31-14-7-6-13-30(31)34)17-18-33-23(2)27-12-8-10-25-9-4-5-11-28(25)27/h4-16,19,23,26,33H,17-18,20-21H2,1-3H3/t23-,26?/m1/s1. The van der Waals surface area contributed by atoms with Crippen molar-refractivity contribution in [2.24, 2.45) is 0 Å². The molecule has 5 rings (SSSR count). The smallest absolute Gasteiger partial charge is 0.338 e. The predicted molar refractivity (Wildman–Crippen MR) is 149 cm³/mol. The lowest BCUT2D eigenvalue weighted by Gasteiger charge is -2.36. The number of methoxy groups -OCH3 is 1. The van der Waals surface area contributed by atoms with Gasteiger partial charge in [-0.1, -0.05) is 66.7 Å². The molecule has 1 aliphatic rings. The average molecular weight is 495 g/mol. The molecule has 190 valence electrons. The Hall–Kier alpha value is -3.83. The van der Waals surface area contributed by atoms with Crippen LogP contribution in [0.3, 0.4) is 0 Å². The number of carbonyl (C=O) groups excluding carboxylic acids is 1. The lowest BCUT2D eigenvalue weighted by atomic mass is 9.99. The monoisotopic (exact) mass is 494 g/mol. The second-order valence-electron chi connectivity index (χ2n) is 9.76. The van der Waals surface area contributed by atoms with Crippen molar-refractivity contribution < 1.29 is 14.3 Å². The molecule has 4 aromatic carbocycles. The van der Waals surface area contributed by atoms with Crippen LogP contribution in [0.15, 0.2) is 84.9 Å². The molecule has 5 nitrogen and oxygen atoms in total. The van der Waals surface area contributed by atoms with Gasteiger partial charge in [-0.2, -0.15) is 0 Å². The van der Waals surface area contributed by atoms with Gasteiger partial charge in [0.2, 0.25) is 0 Å². The maximum Gasteiger partial charge on any atom is 0.338 e. The molecule has 4 aromatic rings. The molecule has 0 aromatic heterocycles. The Labute approximate surface area is 219 Å². The fourth-order valence-electron chi connectivity index (χ4n) is 5.20. The van der Waals surface area contributed by atoms with Crippen LogP contribution >= 0.6 is 0 Å². The Kier molecular flexibility index (Phi) is 7.42. The van der Waals surface area contributed by atoms with Crippen LogP contribution in [0, 0.1) is 6.92 Å². The maximum atomic E-state index is 12.2. The summed E-state index contributed by atoms with van der Waals surface area (Å²) in [6, 6.07) is 29.5. The van der Waals surface area contributed by atoms with Crippen LogP contribution in [0.5, 0.6) is 5.75 Å². The topological polar surface area (TPSA) is 50.8 Å². The molecule has 2 atom stereocenters. The number of aryl methyl sites for hydroxylation is 1. The largest absolute Gasteiger partial charge is 0.486 e. The van der Waals surface area contributed by atoms with Crippen LogP contribution in [0.4, 0.5) is 5.69 Å². The van der Waals surface area contributed by atoms with Gasteiger partial charge in [0.15, 0.2) is 0 Å². The highest BCUT2D eigenvalue weighted by Gasteiger charge is 2.26. The molecule has 0 amide bonds. The molecule has 1 N–H and O–H groups in total. The summed E-state index contributed by atoms with van der Waals surface area (Å²) in [5.74, 6) is 0.604. The first kappa shape index (κ1) is 24.8. The lowest BCUT2D eigenvalue weighted by molar-refractivity contribution is 0.0599. The van der Waals surface area contributed by atoms with Crippen LogP contribution in [-0.2, 0) is 11.3 Å². The number of anilines is 1. The van der Waals surface area contributed by atoms with Gasteiger partial charge < -0.3 is 19.7 Å². The van der Waals surface area contributed by atoms with Crippen molar-refractivity contribution in [3.63, 3.8) is 0 Å². The van der Waals surface area contributed by atoms with Crippen molar-refractivity contribution in [3.8, 4) is 5.75 Å². The van der Waals surface area contributed by atoms with Crippen LogP contribution < -0.4 is 15.0 Å². The summed E-state index contributed by atoms with van der Waals surface area (Å²) in [7, 11) is 1.42. The summed E-state index contributed by atoms with van der Waals surface area (Å²) in [6.07, 6.45) is 0.953. The first-order valence-corrected chi connectivity index (χ1v) is 12.9. The van der Waals surface area contributed by atoms with Gasteiger partial charge in [-0.15, -0.1) is 0 Å². The number of hydrogen-bond donors (Lipinski definition) is 1. The van der Waals surface area contributed by atoms with Gasteiger partial charge in [0, 0.05) is 12.6 Å². The minimum absolute atomic E-state index is 0.0626. The Balaban J connectivity index is 1.27. The molecule has 37 heavy (non-hydrogen) atoms. The van der Waals surface area contributed by atoms with Gasteiger partial charge in [-0.3, -0.25) is 0 Å². The van der Waals surface area contributed by atoms with Crippen molar-refractivity contribution in [1.82, 2.24) is 5.32 Å². The van der Waals surface area contributed by atoms with Crippen molar-refractivity contribution in [1.29, 1.82) is 0 Å². The van der Waals surface area contributed by atoms with E-state index in [1.807, 2.05) is 37.3 Å². The molecule has 0 saturated carbocycles. The third kappa shape index (κ3) is 5.47. The third-order valence-corrected chi connectivity index (χ3v) is 7.21.